The summed E-state index contributed by atoms with van der Waals surface area (Å²) in [5.74, 6) is 3.36. The first-order chi connectivity index (χ1) is 10.1. The first-order valence-corrected chi connectivity index (χ1v) is 7.57. The normalized spacial score (nSPS) is 20.3. The van der Waals surface area contributed by atoms with E-state index in [1.165, 1.54) is 6.42 Å². The smallest absolute Gasteiger partial charge is 0.224 e. The van der Waals surface area contributed by atoms with Crippen molar-refractivity contribution in [3.63, 3.8) is 0 Å². The number of nitrogens with one attached hydrogen (secondary N) is 1. The van der Waals surface area contributed by atoms with E-state index < -0.39 is 0 Å². The molecule has 1 aromatic heterocycles. The third-order valence-electron chi connectivity index (χ3n) is 4.17. The van der Waals surface area contributed by atoms with Crippen LogP contribution in [0.15, 0.2) is 40.8 Å². The predicted molar refractivity (Wildman–Crippen MR) is 83.4 cm³/mol. The van der Waals surface area contributed by atoms with Crippen LogP contribution in [-0.2, 0) is 11.2 Å². The molecule has 1 heterocycles. The molecule has 1 aromatic carbocycles. The average Bonchev–Trinajstić information content (AvgIpc) is 3.01. The monoisotopic (exact) mass is 283 g/mol. The third-order valence-corrected chi connectivity index (χ3v) is 4.17. The van der Waals surface area contributed by atoms with Gasteiger partial charge in [-0.1, -0.05) is 25.1 Å². The number of anilines is 1. The van der Waals surface area contributed by atoms with Crippen LogP contribution in [0.1, 0.15) is 42.8 Å². The van der Waals surface area contributed by atoms with Crippen molar-refractivity contribution in [2.24, 2.45) is 5.92 Å². The molecule has 0 bridgehead atoms. The van der Waals surface area contributed by atoms with Gasteiger partial charge in [-0.25, -0.2) is 0 Å². The molecule has 1 saturated carbocycles. The van der Waals surface area contributed by atoms with Crippen LogP contribution >= 0.6 is 0 Å². The maximum Gasteiger partial charge on any atom is 0.224 e. The summed E-state index contributed by atoms with van der Waals surface area (Å²) in [7, 11) is 0. The van der Waals surface area contributed by atoms with E-state index in [1.54, 1.807) is 0 Å². The summed E-state index contributed by atoms with van der Waals surface area (Å²) >= 11 is 0. The molecule has 3 nitrogen and oxygen atoms in total. The molecule has 0 radical (unpaired) electrons. The van der Waals surface area contributed by atoms with Gasteiger partial charge in [-0.2, -0.15) is 0 Å². The van der Waals surface area contributed by atoms with Gasteiger partial charge in [0, 0.05) is 24.4 Å². The number of hydrogen-bond donors (Lipinski definition) is 1. The second-order valence-electron chi connectivity index (χ2n) is 5.99. The summed E-state index contributed by atoms with van der Waals surface area (Å²) in [6.07, 6.45) is 2.32. The molecule has 1 N–H and O–H groups in total. The Labute approximate surface area is 125 Å². The van der Waals surface area contributed by atoms with Crippen LogP contribution in [0.4, 0.5) is 5.69 Å². The zero-order valence-corrected chi connectivity index (χ0v) is 12.6. The van der Waals surface area contributed by atoms with Gasteiger partial charge in [0.05, 0.1) is 0 Å². The van der Waals surface area contributed by atoms with Crippen molar-refractivity contribution in [2.45, 2.75) is 39.0 Å². The van der Waals surface area contributed by atoms with Crippen molar-refractivity contribution < 1.29 is 9.21 Å². The molecule has 0 unspecified atom stereocenters. The molecule has 2 atom stereocenters. The SMILES string of the molecule is Cc1ccccc1NC(=O)CCc1ccc([C@@H]2C[C@@H]2C)o1. The van der Waals surface area contributed by atoms with Gasteiger partial charge in [0.15, 0.2) is 0 Å². The molecule has 1 amide bonds. The van der Waals surface area contributed by atoms with E-state index in [1.807, 2.05) is 37.3 Å². The Morgan fingerprint density at radius 3 is 2.76 bits per heavy atom. The molecular weight excluding hydrogens is 262 g/mol. The maximum atomic E-state index is 12.0. The van der Waals surface area contributed by atoms with E-state index in [4.69, 9.17) is 4.42 Å². The number of amides is 1. The molecule has 3 heteroatoms. The summed E-state index contributed by atoms with van der Waals surface area (Å²) in [6, 6.07) is 11.9. The van der Waals surface area contributed by atoms with Gasteiger partial charge in [-0.3, -0.25) is 4.79 Å². The molecule has 0 spiro atoms. The molecule has 2 aromatic rings. The Balaban J connectivity index is 1.52. The topological polar surface area (TPSA) is 42.2 Å². The Hall–Kier alpha value is -2.03. The second-order valence-corrected chi connectivity index (χ2v) is 5.99. The van der Waals surface area contributed by atoms with E-state index in [0.29, 0.717) is 18.8 Å². The minimum atomic E-state index is 0.0297. The zero-order valence-electron chi connectivity index (χ0n) is 12.6. The summed E-state index contributed by atoms with van der Waals surface area (Å²) in [6.45, 7) is 4.23. The Kier molecular flexibility index (Phi) is 3.82. The predicted octanol–water partition coefficient (Wildman–Crippen LogP) is 4.28. The van der Waals surface area contributed by atoms with Gasteiger partial charge >= 0.3 is 0 Å². The van der Waals surface area contributed by atoms with Crippen LogP contribution in [0.2, 0.25) is 0 Å². The van der Waals surface area contributed by atoms with Crippen molar-refractivity contribution in [1.82, 2.24) is 0 Å². The lowest BCUT2D eigenvalue weighted by molar-refractivity contribution is -0.116. The van der Waals surface area contributed by atoms with Crippen LogP contribution < -0.4 is 5.32 Å². The zero-order chi connectivity index (χ0) is 14.8. The van der Waals surface area contributed by atoms with Crippen molar-refractivity contribution in [3.8, 4) is 0 Å². The number of rotatable bonds is 5. The first kappa shape index (κ1) is 13.9. The van der Waals surface area contributed by atoms with Gasteiger partial charge in [0.2, 0.25) is 5.91 Å². The summed E-state index contributed by atoms with van der Waals surface area (Å²) in [4.78, 5) is 12.0. The van der Waals surface area contributed by atoms with Crippen LogP contribution in [0.25, 0.3) is 0 Å². The lowest BCUT2D eigenvalue weighted by atomic mass is 10.2. The molecule has 0 aliphatic heterocycles. The molecule has 1 fully saturated rings. The number of benzene rings is 1. The van der Waals surface area contributed by atoms with Crippen LogP contribution in [0.5, 0.6) is 0 Å². The average molecular weight is 283 g/mol. The van der Waals surface area contributed by atoms with E-state index in [-0.39, 0.29) is 5.91 Å². The fraction of sp³-hybridized carbons (Fsp3) is 0.389. The highest BCUT2D eigenvalue weighted by Crippen LogP contribution is 2.47. The van der Waals surface area contributed by atoms with Gasteiger partial charge in [0.25, 0.3) is 0 Å². The summed E-state index contributed by atoms with van der Waals surface area (Å²) in [5.41, 5.74) is 1.96. The van der Waals surface area contributed by atoms with E-state index >= 15 is 0 Å². The van der Waals surface area contributed by atoms with Gasteiger partial charge in [-0.05, 0) is 43.0 Å². The second kappa shape index (κ2) is 5.76. The van der Waals surface area contributed by atoms with E-state index in [2.05, 4.69) is 18.3 Å². The fourth-order valence-corrected chi connectivity index (χ4v) is 2.61. The fourth-order valence-electron chi connectivity index (χ4n) is 2.61. The van der Waals surface area contributed by atoms with Gasteiger partial charge in [0.1, 0.15) is 11.5 Å². The molecule has 110 valence electrons. The molecule has 1 aliphatic rings. The summed E-state index contributed by atoms with van der Waals surface area (Å²) in [5, 5.41) is 2.95. The number of carbonyl (C=O) groups is 1. The lowest BCUT2D eigenvalue weighted by Crippen LogP contribution is -2.12. The Bertz CT molecular complexity index is 644. The molecule has 1 aliphatic carbocycles. The molecule has 21 heavy (non-hydrogen) atoms. The first-order valence-electron chi connectivity index (χ1n) is 7.57. The Morgan fingerprint density at radius 1 is 1.29 bits per heavy atom. The van der Waals surface area contributed by atoms with Crippen LogP contribution in [0, 0.1) is 12.8 Å². The quantitative estimate of drug-likeness (QED) is 0.889. The minimum absolute atomic E-state index is 0.0297. The van der Waals surface area contributed by atoms with E-state index in [0.717, 1.165) is 28.7 Å². The summed E-state index contributed by atoms with van der Waals surface area (Å²) < 4.78 is 5.82. The largest absolute Gasteiger partial charge is 0.466 e. The van der Waals surface area contributed by atoms with Crippen LogP contribution in [-0.4, -0.2) is 5.91 Å². The molecule has 3 rings (SSSR count). The highest BCUT2D eigenvalue weighted by atomic mass is 16.3. The number of furan rings is 1. The number of aryl methyl sites for hydroxylation is 2. The van der Waals surface area contributed by atoms with Gasteiger partial charge in [-0.15, -0.1) is 0 Å². The number of para-hydroxylation sites is 1. The highest BCUT2D eigenvalue weighted by molar-refractivity contribution is 5.91. The number of carbonyl (C=O) groups excluding carboxylic acids is 1. The highest BCUT2D eigenvalue weighted by Gasteiger charge is 2.36. The standard InChI is InChI=1S/C18H21NO2/c1-12-5-3-4-6-16(12)19-18(20)10-8-14-7-9-17(21-14)15-11-13(15)2/h3-7,9,13,15H,8,10-11H2,1-2H3,(H,19,20)/t13-,15+/m0/s1. The minimum Gasteiger partial charge on any atom is -0.466 e. The van der Waals surface area contributed by atoms with Gasteiger partial charge < -0.3 is 9.73 Å². The lowest BCUT2D eigenvalue weighted by Gasteiger charge is -2.07. The Morgan fingerprint density at radius 2 is 2.05 bits per heavy atom. The van der Waals surface area contributed by atoms with Crippen LogP contribution in [0.3, 0.4) is 0 Å². The van der Waals surface area contributed by atoms with Crippen molar-refractivity contribution in [1.29, 1.82) is 0 Å². The third kappa shape index (κ3) is 3.35. The molecular formula is C18H21NO2. The van der Waals surface area contributed by atoms with E-state index in [9.17, 15) is 4.79 Å². The van der Waals surface area contributed by atoms with Crippen molar-refractivity contribution in [2.75, 3.05) is 5.32 Å². The molecule has 0 saturated heterocycles. The van der Waals surface area contributed by atoms with Crippen molar-refractivity contribution in [3.05, 3.63) is 53.5 Å². The number of hydrogen-bond acceptors (Lipinski definition) is 2. The van der Waals surface area contributed by atoms with Crippen molar-refractivity contribution >= 4 is 11.6 Å². The maximum absolute atomic E-state index is 12.0.